The molecule has 1 fully saturated rings. The molecule has 1 aromatic carbocycles. The van der Waals surface area contributed by atoms with Crippen molar-refractivity contribution in [1.82, 2.24) is 10.3 Å². The topological polar surface area (TPSA) is 79.4 Å². The number of halogens is 1. The maximum atomic E-state index is 12.4. The van der Waals surface area contributed by atoms with Crippen molar-refractivity contribution in [3.63, 3.8) is 0 Å². The highest BCUT2D eigenvalue weighted by molar-refractivity contribution is 7.92. The number of thiazole rings is 1. The molecule has 0 bridgehead atoms. The fourth-order valence-electron chi connectivity index (χ4n) is 2.68. The van der Waals surface area contributed by atoms with Crippen LogP contribution in [0.1, 0.15) is 28.9 Å². The highest BCUT2D eigenvalue weighted by atomic mass is 35.5. The van der Waals surface area contributed by atoms with Gasteiger partial charge in [-0.3, -0.25) is 9.10 Å². The number of hydrogen-bond acceptors (Lipinski definition) is 5. The monoisotopic (exact) mass is 399 g/mol. The average molecular weight is 400 g/mol. The molecule has 1 aliphatic heterocycles. The predicted molar refractivity (Wildman–Crippen MR) is 100.0 cm³/mol. The van der Waals surface area contributed by atoms with Crippen molar-refractivity contribution < 1.29 is 13.2 Å². The first-order valence-electron chi connectivity index (χ1n) is 7.92. The van der Waals surface area contributed by atoms with Crippen LogP contribution in [-0.4, -0.2) is 38.2 Å². The van der Waals surface area contributed by atoms with Gasteiger partial charge in [-0.1, -0.05) is 11.6 Å². The third kappa shape index (κ3) is 4.31. The van der Waals surface area contributed by atoms with Gasteiger partial charge in [0.2, 0.25) is 10.0 Å². The lowest BCUT2D eigenvalue weighted by Crippen LogP contribution is -2.38. The Bertz CT molecular complexity index is 854. The number of amides is 1. The quantitative estimate of drug-likeness (QED) is 0.838. The minimum Gasteiger partial charge on any atom is -0.352 e. The fraction of sp³-hybridized carbons (Fsp3) is 0.375. The molecule has 0 unspecified atom stereocenters. The van der Waals surface area contributed by atoms with Crippen molar-refractivity contribution >= 4 is 44.6 Å². The van der Waals surface area contributed by atoms with Gasteiger partial charge in [0, 0.05) is 24.9 Å². The molecule has 2 aromatic rings. The predicted octanol–water partition coefficient (Wildman–Crippen LogP) is 2.70. The Balaban J connectivity index is 1.73. The van der Waals surface area contributed by atoms with E-state index in [2.05, 4.69) is 10.3 Å². The molecule has 1 aliphatic rings. The van der Waals surface area contributed by atoms with E-state index in [4.69, 9.17) is 11.6 Å². The Kier molecular flexibility index (Phi) is 5.61. The molecule has 3 rings (SSSR count). The zero-order valence-electron chi connectivity index (χ0n) is 13.4. The lowest BCUT2D eigenvalue weighted by atomic mass is 10.1. The van der Waals surface area contributed by atoms with Crippen molar-refractivity contribution in [3.05, 3.63) is 45.4 Å². The Morgan fingerprint density at radius 3 is 2.92 bits per heavy atom. The molecule has 25 heavy (non-hydrogen) atoms. The highest BCUT2D eigenvalue weighted by Gasteiger charge is 2.27. The summed E-state index contributed by atoms with van der Waals surface area (Å²) in [6.07, 6.45) is 2.10. The van der Waals surface area contributed by atoms with Crippen molar-refractivity contribution in [2.75, 3.05) is 23.1 Å². The number of carbonyl (C=O) groups is 1. The largest absolute Gasteiger partial charge is 0.352 e. The molecule has 2 heterocycles. The molecule has 1 saturated heterocycles. The second kappa shape index (κ2) is 7.72. The molecule has 0 radical (unpaired) electrons. The van der Waals surface area contributed by atoms with Gasteiger partial charge in [-0.05, 0) is 31.0 Å². The number of aromatic nitrogens is 1. The van der Waals surface area contributed by atoms with E-state index in [1.807, 2.05) is 5.38 Å². The molecule has 9 heteroatoms. The van der Waals surface area contributed by atoms with Gasteiger partial charge in [-0.25, -0.2) is 13.4 Å². The standard InChI is InChI=1S/C16H18ClN3O3S2/c17-15-4-3-13(20-7-1-2-8-25(20,22)23)9-14(15)16(21)18-6-5-12-10-24-11-19-12/h3-4,9-11H,1-2,5-8H2,(H,18,21). The third-order valence-electron chi connectivity index (χ3n) is 3.98. The zero-order chi connectivity index (χ0) is 17.9. The molecule has 6 nitrogen and oxygen atoms in total. The summed E-state index contributed by atoms with van der Waals surface area (Å²) in [6, 6.07) is 4.75. The summed E-state index contributed by atoms with van der Waals surface area (Å²) in [5.41, 5.74) is 3.42. The fourth-order valence-corrected chi connectivity index (χ4v) is 5.11. The highest BCUT2D eigenvalue weighted by Crippen LogP contribution is 2.27. The molecular weight excluding hydrogens is 382 g/mol. The van der Waals surface area contributed by atoms with Crippen LogP contribution >= 0.6 is 22.9 Å². The van der Waals surface area contributed by atoms with E-state index in [0.29, 0.717) is 36.6 Å². The van der Waals surface area contributed by atoms with Crippen LogP contribution in [0, 0.1) is 0 Å². The molecule has 0 spiro atoms. The van der Waals surface area contributed by atoms with Gasteiger partial charge in [-0.2, -0.15) is 0 Å². The number of anilines is 1. The van der Waals surface area contributed by atoms with Gasteiger partial charge in [0.25, 0.3) is 5.91 Å². The van der Waals surface area contributed by atoms with Gasteiger partial charge in [0.15, 0.2) is 0 Å². The molecular formula is C16H18ClN3O3S2. The number of hydrogen-bond donors (Lipinski definition) is 1. The number of nitrogens with zero attached hydrogens (tertiary/aromatic N) is 2. The maximum Gasteiger partial charge on any atom is 0.252 e. The average Bonchev–Trinajstić information content (AvgIpc) is 3.08. The molecule has 0 aliphatic carbocycles. The van der Waals surface area contributed by atoms with E-state index < -0.39 is 10.0 Å². The first kappa shape index (κ1) is 18.2. The number of nitrogens with one attached hydrogen (secondary N) is 1. The first-order chi connectivity index (χ1) is 12.0. The summed E-state index contributed by atoms with van der Waals surface area (Å²) in [7, 11) is -3.33. The number of sulfonamides is 1. The van der Waals surface area contributed by atoms with E-state index in [0.717, 1.165) is 12.1 Å². The van der Waals surface area contributed by atoms with Gasteiger partial charge >= 0.3 is 0 Å². The normalized spacial score (nSPS) is 16.6. The van der Waals surface area contributed by atoms with Crippen LogP contribution in [0.3, 0.4) is 0 Å². The summed E-state index contributed by atoms with van der Waals surface area (Å²) in [5.74, 6) is -0.193. The van der Waals surface area contributed by atoms with E-state index in [-0.39, 0.29) is 17.2 Å². The molecule has 134 valence electrons. The van der Waals surface area contributed by atoms with Crippen LogP contribution in [0.4, 0.5) is 5.69 Å². The Morgan fingerprint density at radius 1 is 1.36 bits per heavy atom. The Morgan fingerprint density at radius 2 is 2.20 bits per heavy atom. The van der Waals surface area contributed by atoms with E-state index in [9.17, 15) is 13.2 Å². The second-order valence-electron chi connectivity index (χ2n) is 5.75. The molecule has 0 atom stereocenters. The van der Waals surface area contributed by atoms with Gasteiger partial charge in [0.05, 0.1) is 33.2 Å². The van der Waals surface area contributed by atoms with E-state index in [1.165, 1.54) is 15.6 Å². The van der Waals surface area contributed by atoms with Gasteiger partial charge in [0.1, 0.15) is 0 Å². The lowest BCUT2D eigenvalue weighted by Gasteiger charge is -2.28. The lowest BCUT2D eigenvalue weighted by molar-refractivity contribution is 0.0954. The Hall–Kier alpha value is -1.64. The minimum atomic E-state index is -3.33. The Labute approximate surface area is 155 Å². The number of carbonyl (C=O) groups excluding carboxylic acids is 1. The smallest absolute Gasteiger partial charge is 0.252 e. The van der Waals surface area contributed by atoms with Crippen LogP contribution in [0.25, 0.3) is 0 Å². The minimum absolute atomic E-state index is 0.130. The SMILES string of the molecule is O=C(NCCc1cscn1)c1cc(N2CCCCS2(=O)=O)ccc1Cl. The van der Waals surface area contributed by atoms with E-state index in [1.54, 1.807) is 23.7 Å². The van der Waals surface area contributed by atoms with Crippen molar-refractivity contribution in [1.29, 1.82) is 0 Å². The number of rotatable bonds is 5. The van der Waals surface area contributed by atoms with Crippen LogP contribution in [0.15, 0.2) is 29.1 Å². The van der Waals surface area contributed by atoms with E-state index >= 15 is 0 Å². The maximum absolute atomic E-state index is 12.4. The first-order valence-corrected chi connectivity index (χ1v) is 10.9. The number of benzene rings is 1. The molecule has 0 saturated carbocycles. The summed E-state index contributed by atoms with van der Waals surface area (Å²) in [6.45, 7) is 0.861. The van der Waals surface area contributed by atoms with Crippen molar-refractivity contribution in [3.8, 4) is 0 Å². The summed E-state index contributed by atoms with van der Waals surface area (Å²) < 4.78 is 25.8. The summed E-state index contributed by atoms with van der Waals surface area (Å²) in [4.78, 5) is 16.6. The summed E-state index contributed by atoms with van der Waals surface area (Å²) >= 11 is 7.65. The molecule has 1 aromatic heterocycles. The van der Waals surface area contributed by atoms with Gasteiger partial charge < -0.3 is 5.32 Å². The van der Waals surface area contributed by atoms with Crippen LogP contribution in [0.2, 0.25) is 5.02 Å². The van der Waals surface area contributed by atoms with Crippen LogP contribution in [0.5, 0.6) is 0 Å². The van der Waals surface area contributed by atoms with Gasteiger partial charge in [-0.15, -0.1) is 11.3 Å². The van der Waals surface area contributed by atoms with Crippen LogP contribution < -0.4 is 9.62 Å². The van der Waals surface area contributed by atoms with Crippen molar-refractivity contribution in [2.45, 2.75) is 19.3 Å². The van der Waals surface area contributed by atoms with Crippen LogP contribution in [-0.2, 0) is 16.4 Å². The molecule has 1 amide bonds. The summed E-state index contributed by atoms with van der Waals surface area (Å²) in [5, 5.41) is 5.03. The molecule has 1 N–H and O–H groups in total. The van der Waals surface area contributed by atoms with Crippen molar-refractivity contribution in [2.24, 2.45) is 0 Å². The zero-order valence-corrected chi connectivity index (χ0v) is 15.8. The third-order valence-corrected chi connectivity index (χ3v) is 6.82. The second-order valence-corrected chi connectivity index (χ2v) is 8.88.